The van der Waals surface area contributed by atoms with Crippen LogP contribution in [-0.4, -0.2) is 36.6 Å². The molecule has 0 rings (SSSR count). The SMILES string of the molecule is CC(N)(CO)CCCCOCCCC(F)(F)F. The van der Waals surface area contributed by atoms with Crippen LogP contribution in [0.4, 0.5) is 13.2 Å². The van der Waals surface area contributed by atoms with Crippen LogP contribution in [0.5, 0.6) is 0 Å². The maximum atomic E-state index is 11.8. The highest BCUT2D eigenvalue weighted by atomic mass is 19.4. The van der Waals surface area contributed by atoms with E-state index in [4.69, 9.17) is 15.6 Å². The van der Waals surface area contributed by atoms with Crippen molar-refractivity contribution in [3.63, 3.8) is 0 Å². The van der Waals surface area contributed by atoms with E-state index in [0.717, 1.165) is 12.8 Å². The average molecular weight is 257 g/mol. The van der Waals surface area contributed by atoms with Crippen molar-refractivity contribution in [2.45, 2.75) is 50.7 Å². The van der Waals surface area contributed by atoms with Gasteiger partial charge in [-0.25, -0.2) is 0 Å². The fourth-order valence-corrected chi connectivity index (χ4v) is 1.29. The number of halogens is 3. The summed E-state index contributed by atoms with van der Waals surface area (Å²) in [5, 5.41) is 8.88. The molecule has 1 atom stereocenters. The summed E-state index contributed by atoms with van der Waals surface area (Å²) in [6.45, 7) is 2.27. The van der Waals surface area contributed by atoms with Gasteiger partial charge in [0.1, 0.15) is 0 Å². The number of hydrogen-bond acceptors (Lipinski definition) is 3. The van der Waals surface area contributed by atoms with Gasteiger partial charge < -0.3 is 15.6 Å². The molecule has 17 heavy (non-hydrogen) atoms. The van der Waals surface area contributed by atoms with Crippen molar-refractivity contribution in [3.8, 4) is 0 Å². The Labute approximate surface area is 100 Å². The van der Waals surface area contributed by atoms with Crippen LogP contribution in [0.15, 0.2) is 0 Å². The quantitative estimate of drug-likeness (QED) is 0.623. The highest BCUT2D eigenvalue weighted by Gasteiger charge is 2.25. The Bertz CT molecular complexity index is 196. The molecular formula is C11H22F3NO2. The van der Waals surface area contributed by atoms with Crippen molar-refractivity contribution in [3.05, 3.63) is 0 Å². The first-order valence-electron chi connectivity index (χ1n) is 5.81. The number of rotatable bonds is 9. The van der Waals surface area contributed by atoms with Crippen LogP contribution in [0.25, 0.3) is 0 Å². The lowest BCUT2D eigenvalue weighted by Crippen LogP contribution is -2.39. The summed E-state index contributed by atoms with van der Waals surface area (Å²) >= 11 is 0. The highest BCUT2D eigenvalue weighted by molar-refractivity contribution is 4.76. The van der Waals surface area contributed by atoms with Gasteiger partial charge in [-0.1, -0.05) is 0 Å². The molecule has 0 aromatic carbocycles. The minimum absolute atomic E-state index is 0.00867. The van der Waals surface area contributed by atoms with Crippen LogP contribution in [0, 0.1) is 0 Å². The Balaban J connectivity index is 3.25. The minimum atomic E-state index is -4.09. The second kappa shape index (κ2) is 7.89. The van der Waals surface area contributed by atoms with Crippen molar-refractivity contribution >= 4 is 0 Å². The molecule has 0 aromatic rings. The van der Waals surface area contributed by atoms with Crippen LogP contribution in [0.3, 0.4) is 0 Å². The molecule has 6 heteroatoms. The van der Waals surface area contributed by atoms with Gasteiger partial charge in [0.2, 0.25) is 0 Å². The molecule has 0 heterocycles. The molecule has 0 aliphatic heterocycles. The fraction of sp³-hybridized carbons (Fsp3) is 1.00. The Morgan fingerprint density at radius 3 is 2.18 bits per heavy atom. The van der Waals surface area contributed by atoms with Crippen LogP contribution in [-0.2, 0) is 4.74 Å². The van der Waals surface area contributed by atoms with Gasteiger partial charge in [0.25, 0.3) is 0 Å². The average Bonchev–Trinajstić information content (AvgIpc) is 2.20. The van der Waals surface area contributed by atoms with Gasteiger partial charge in [-0.3, -0.25) is 0 Å². The Morgan fingerprint density at radius 2 is 1.65 bits per heavy atom. The van der Waals surface area contributed by atoms with E-state index in [2.05, 4.69) is 0 Å². The number of ether oxygens (including phenoxy) is 1. The lowest BCUT2D eigenvalue weighted by Gasteiger charge is -2.21. The molecule has 0 radical (unpaired) electrons. The molecule has 0 bridgehead atoms. The van der Waals surface area contributed by atoms with E-state index in [9.17, 15) is 13.2 Å². The van der Waals surface area contributed by atoms with Gasteiger partial charge in [0.15, 0.2) is 0 Å². The van der Waals surface area contributed by atoms with Crippen LogP contribution in [0.2, 0.25) is 0 Å². The molecule has 0 saturated heterocycles. The summed E-state index contributed by atoms with van der Waals surface area (Å²) < 4.78 is 40.4. The number of alkyl halides is 3. The maximum absolute atomic E-state index is 11.8. The van der Waals surface area contributed by atoms with Gasteiger partial charge in [-0.2, -0.15) is 13.2 Å². The highest BCUT2D eigenvalue weighted by Crippen LogP contribution is 2.21. The monoisotopic (exact) mass is 257 g/mol. The van der Waals surface area contributed by atoms with Gasteiger partial charge in [-0.05, 0) is 32.6 Å². The molecule has 1 unspecified atom stereocenters. The molecular weight excluding hydrogens is 235 g/mol. The maximum Gasteiger partial charge on any atom is 0.389 e. The first-order valence-corrected chi connectivity index (χ1v) is 5.81. The predicted molar refractivity (Wildman–Crippen MR) is 59.6 cm³/mol. The summed E-state index contributed by atoms with van der Waals surface area (Å²) in [7, 11) is 0. The van der Waals surface area contributed by atoms with Crippen molar-refractivity contribution in [2.75, 3.05) is 19.8 Å². The topological polar surface area (TPSA) is 55.5 Å². The molecule has 3 N–H and O–H groups in total. The van der Waals surface area contributed by atoms with Gasteiger partial charge in [0.05, 0.1) is 6.61 Å². The standard InChI is InChI=1S/C11H22F3NO2/c1-10(15,9-16)5-2-3-7-17-8-4-6-11(12,13)14/h16H,2-9,15H2,1H3. The Hall–Kier alpha value is -0.330. The number of nitrogens with two attached hydrogens (primary N) is 1. The minimum Gasteiger partial charge on any atom is -0.394 e. The van der Waals surface area contributed by atoms with Crippen molar-refractivity contribution in [1.29, 1.82) is 0 Å². The first-order chi connectivity index (χ1) is 7.77. The molecule has 0 spiro atoms. The van der Waals surface area contributed by atoms with Crippen molar-refractivity contribution in [2.24, 2.45) is 5.73 Å². The number of hydrogen-bond donors (Lipinski definition) is 2. The zero-order chi connectivity index (χ0) is 13.4. The van der Waals surface area contributed by atoms with E-state index in [1.54, 1.807) is 6.92 Å². The smallest absolute Gasteiger partial charge is 0.389 e. The number of aliphatic hydroxyl groups excluding tert-OH is 1. The summed E-state index contributed by atoms with van der Waals surface area (Å²) in [6.07, 6.45) is -2.65. The van der Waals surface area contributed by atoms with E-state index in [1.807, 2.05) is 0 Å². The molecule has 0 fully saturated rings. The molecule has 0 aliphatic carbocycles. The normalized spacial score (nSPS) is 15.9. The summed E-state index contributed by atoms with van der Waals surface area (Å²) in [6, 6.07) is 0. The van der Waals surface area contributed by atoms with Crippen LogP contribution in [0.1, 0.15) is 39.0 Å². The van der Waals surface area contributed by atoms with Crippen LogP contribution < -0.4 is 5.73 Å². The largest absolute Gasteiger partial charge is 0.394 e. The van der Waals surface area contributed by atoms with E-state index in [1.165, 1.54) is 0 Å². The third-order valence-corrected chi connectivity index (χ3v) is 2.40. The Kier molecular flexibility index (Phi) is 7.74. The summed E-state index contributed by atoms with van der Waals surface area (Å²) in [5.41, 5.74) is 5.14. The van der Waals surface area contributed by atoms with Crippen molar-refractivity contribution in [1.82, 2.24) is 0 Å². The zero-order valence-corrected chi connectivity index (χ0v) is 10.2. The lowest BCUT2D eigenvalue weighted by atomic mass is 9.97. The molecule has 3 nitrogen and oxygen atoms in total. The number of aliphatic hydroxyl groups is 1. The Morgan fingerprint density at radius 1 is 1.06 bits per heavy atom. The molecule has 0 aromatic heterocycles. The van der Waals surface area contributed by atoms with E-state index < -0.39 is 18.1 Å². The summed E-state index contributed by atoms with van der Waals surface area (Å²) in [4.78, 5) is 0. The van der Waals surface area contributed by atoms with E-state index in [-0.39, 0.29) is 19.6 Å². The van der Waals surface area contributed by atoms with Crippen molar-refractivity contribution < 1.29 is 23.0 Å². The number of unbranched alkanes of at least 4 members (excludes halogenated alkanes) is 1. The third-order valence-electron chi connectivity index (χ3n) is 2.40. The van der Waals surface area contributed by atoms with Gasteiger partial charge in [0, 0.05) is 25.2 Å². The fourth-order valence-electron chi connectivity index (χ4n) is 1.29. The third kappa shape index (κ3) is 11.9. The van der Waals surface area contributed by atoms with Gasteiger partial charge in [-0.15, -0.1) is 0 Å². The first kappa shape index (κ1) is 16.7. The lowest BCUT2D eigenvalue weighted by molar-refractivity contribution is -0.137. The van der Waals surface area contributed by atoms with Gasteiger partial charge >= 0.3 is 6.18 Å². The zero-order valence-electron chi connectivity index (χ0n) is 10.2. The molecule has 104 valence electrons. The molecule has 0 aliphatic rings. The summed E-state index contributed by atoms with van der Waals surface area (Å²) in [5.74, 6) is 0. The molecule has 0 saturated carbocycles. The molecule has 0 amide bonds. The van der Waals surface area contributed by atoms with E-state index >= 15 is 0 Å². The second-order valence-electron chi connectivity index (χ2n) is 4.60. The second-order valence-corrected chi connectivity index (χ2v) is 4.60. The van der Waals surface area contributed by atoms with Crippen LogP contribution >= 0.6 is 0 Å². The van der Waals surface area contributed by atoms with E-state index in [0.29, 0.717) is 13.0 Å². The predicted octanol–water partition coefficient (Wildman–Crippen LogP) is 2.23.